The molecule has 26 heavy (non-hydrogen) atoms. The van der Waals surface area contributed by atoms with Crippen molar-refractivity contribution in [2.24, 2.45) is 0 Å². The van der Waals surface area contributed by atoms with Crippen molar-refractivity contribution in [2.45, 2.75) is 12.6 Å². The van der Waals surface area contributed by atoms with Crippen LogP contribution in [0, 0.1) is 11.3 Å². The van der Waals surface area contributed by atoms with Gasteiger partial charge in [-0.3, -0.25) is 0 Å². The van der Waals surface area contributed by atoms with Crippen LogP contribution in [0.15, 0.2) is 66.7 Å². The maximum atomic E-state index is 11.9. The molecule has 1 unspecified atom stereocenters. The number of benzene rings is 3. The first-order valence-electron chi connectivity index (χ1n) is 8.33. The van der Waals surface area contributed by atoms with E-state index in [0.29, 0.717) is 12.1 Å². The molecule has 3 rings (SSSR count). The van der Waals surface area contributed by atoms with Crippen LogP contribution in [0.2, 0.25) is 0 Å². The van der Waals surface area contributed by atoms with Gasteiger partial charge in [0.25, 0.3) is 0 Å². The van der Waals surface area contributed by atoms with Gasteiger partial charge in [-0.25, -0.2) is 4.79 Å². The maximum absolute atomic E-state index is 11.9. The van der Waals surface area contributed by atoms with E-state index >= 15 is 0 Å². The van der Waals surface area contributed by atoms with Gasteiger partial charge in [0.2, 0.25) is 0 Å². The summed E-state index contributed by atoms with van der Waals surface area (Å²) in [6.45, 7) is 0.426. The molecule has 5 nitrogen and oxygen atoms in total. The predicted molar refractivity (Wildman–Crippen MR) is 100 cm³/mol. The number of aliphatic hydroxyl groups excluding tert-OH is 1. The highest BCUT2D eigenvalue weighted by Crippen LogP contribution is 2.20. The lowest BCUT2D eigenvalue weighted by atomic mass is 10.0. The van der Waals surface area contributed by atoms with Gasteiger partial charge < -0.3 is 15.7 Å². The number of fused-ring (bicyclic) bond motifs is 1. The SMILES string of the molecule is N#Cc1cccc(CNC(=O)NCC(O)c2ccc3ccccc3c2)c1. The number of hydrogen-bond acceptors (Lipinski definition) is 3. The summed E-state index contributed by atoms with van der Waals surface area (Å²) < 4.78 is 0. The van der Waals surface area contributed by atoms with Gasteiger partial charge >= 0.3 is 6.03 Å². The molecule has 2 amide bonds. The molecule has 5 heteroatoms. The van der Waals surface area contributed by atoms with Gasteiger partial charge in [0.05, 0.1) is 17.7 Å². The quantitative estimate of drug-likeness (QED) is 0.663. The van der Waals surface area contributed by atoms with Crippen LogP contribution < -0.4 is 10.6 Å². The summed E-state index contributed by atoms with van der Waals surface area (Å²) in [5, 5.41) is 26.7. The normalized spacial score (nSPS) is 11.5. The topological polar surface area (TPSA) is 85.2 Å². The van der Waals surface area contributed by atoms with E-state index in [4.69, 9.17) is 5.26 Å². The summed E-state index contributed by atoms with van der Waals surface area (Å²) in [5.74, 6) is 0. The molecule has 0 aliphatic carbocycles. The first kappa shape index (κ1) is 17.5. The number of rotatable bonds is 5. The van der Waals surface area contributed by atoms with Crippen molar-refractivity contribution in [3.05, 3.63) is 83.4 Å². The first-order chi connectivity index (χ1) is 12.7. The van der Waals surface area contributed by atoms with E-state index in [0.717, 1.165) is 21.9 Å². The Bertz CT molecular complexity index is 963. The molecule has 3 aromatic rings. The predicted octanol–water partition coefficient (Wildman–Crippen LogP) is 3.24. The van der Waals surface area contributed by atoms with Gasteiger partial charge in [0.1, 0.15) is 0 Å². The standard InChI is InChI=1S/C21H19N3O2/c22-12-15-4-3-5-16(10-15)13-23-21(26)24-14-20(25)19-9-8-17-6-1-2-7-18(17)11-19/h1-11,20,25H,13-14H2,(H2,23,24,26). The van der Waals surface area contributed by atoms with Crippen LogP contribution in [-0.2, 0) is 6.54 Å². The average Bonchev–Trinajstić information content (AvgIpc) is 2.70. The third-order valence-corrected chi connectivity index (χ3v) is 4.12. The Kier molecular flexibility index (Phi) is 5.47. The van der Waals surface area contributed by atoms with E-state index < -0.39 is 6.10 Å². The Morgan fingerprint density at radius 3 is 2.62 bits per heavy atom. The fourth-order valence-electron chi connectivity index (χ4n) is 2.72. The van der Waals surface area contributed by atoms with E-state index in [1.165, 1.54) is 0 Å². The Morgan fingerprint density at radius 1 is 1.00 bits per heavy atom. The molecule has 0 radical (unpaired) electrons. The molecule has 0 aromatic heterocycles. The van der Waals surface area contributed by atoms with Crippen LogP contribution in [0.5, 0.6) is 0 Å². The van der Waals surface area contributed by atoms with Crippen molar-refractivity contribution in [1.29, 1.82) is 5.26 Å². The third kappa shape index (κ3) is 4.38. The molecule has 0 heterocycles. The number of hydrogen-bond donors (Lipinski definition) is 3. The highest BCUT2D eigenvalue weighted by atomic mass is 16.3. The van der Waals surface area contributed by atoms with Crippen LogP contribution in [0.4, 0.5) is 4.79 Å². The Morgan fingerprint density at radius 2 is 1.81 bits per heavy atom. The summed E-state index contributed by atoms with van der Waals surface area (Å²) in [6, 6.07) is 22.4. The van der Waals surface area contributed by atoms with Crippen LogP contribution in [0.1, 0.15) is 22.8 Å². The molecule has 0 spiro atoms. The number of urea groups is 1. The monoisotopic (exact) mass is 345 g/mol. The number of amides is 2. The number of carbonyl (C=O) groups excluding carboxylic acids is 1. The number of nitrogens with zero attached hydrogens (tertiary/aromatic N) is 1. The fraction of sp³-hybridized carbons (Fsp3) is 0.143. The highest BCUT2D eigenvalue weighted by Gasteiger charge is 2.10. The zero-order valence-electron chi connectivity index (χ0n) is 14.1. The van der Waals surface area contributed by atoms with E-state index in [2.05, 4.69) is 16.7 Å². The van der Waals surface area contributed by atoms with Crippen molar-refractivity contribution in [3.63, 3.8) is 0 Å². The third-order valence-electron chi connectivity index (χ3n) is 4.12. The van der Waals surface area contributed by atoms with Gasteiger partial charge in [-0.2, -0.15) is 5.26 Å². The molecule has 130 valence electrons. The molecule has 0 fully saturated rings. The van der Waals surface area contributed by atoms with E-state index in [9.17, 15) is 9.90 Å². The zero-order valence-corrected chi connectivity index (χ0v) is 14.1. The average molecular weight is 345 g/mol. The largest absolute Gasteiger partial charge is 0.387 e. The lowest BCUT2D eigenvalue weighted by molar-refractivity contribution is 0.173. The van der Waals surface area contributed by atoms with E-state index in [1.54, 1.807) is 18.2 Å². The Labute approximate surface area is 151 Å². The van der Waals surface area contributed by atoms with Crippen molar-refractivity contribution >= 4 is 16.8 Å². The van der Waals surface area contributed by atoms with Crippen LogP contribution in [0.3, 0.4) is 0 Å². The van der Waals surface area contributed by atoms with Crippen molar-refractivity contribution in [2.75, 3.05) is 6.54 Å². The van der Waals surface area contributed by atoms with Crippen LogP contribution in [0.25, 0.3) is 10.8 Å². The summed E-state index contributed by atoms with van der Waals surface area (Å²) in [5.41, 5.74) is 2.15. The molecule has 0 saturated carbocycles. The minimum atomic E-state index is -0.785. The van der Waals surface area contributed by atoms with Crippen molar-refractivity contribution in [1.82, 2.24) is 10.6 Å². The summed E-state index contributed by atoms with van der Waals surface area (Å²) in [7, 11) is 0. The molecule has 0 bridgehead atoms. The lowest BCUT2D eigenvalue weighted by Gasteiger charge is -2.14. The Balaban J connectivity index is 1.52. The maximum Gasteiger partial charge on any atom is 0.315 e. The van der Waals surface area contributed by atoms with E-state index in [1.807, 2.05) is 48.5 Å². The van der Waals surface area contributed by atoms with Crippen LogP contribution >= 0.6 is 0 Å². The number of nitrogens with one attached hydrogen (secondary N) is 2. The molecule has 1 atom stereocenters. The van der Waals surface area contributed by atoms with Crippen molar-refractivity contribution < 1.29 is 9.90 Å². The van der Waals surface area contributed by atoms with Gasteiger partial charge in [0.15, 0.2) is 0 Å². The number of aliphatic hydroxyl groups is 1. The minimum absolute atomic E-state index is 0.114. The molecule has 3 aromatic carbocycles. The second-order valence-electron chi connectivity index (χ2n) is 6.00. The number of nitriles is 1. The molecule has 0 aliphatic heterocycles. The lowest BCUT2D eigenvalue weighted by Crippen LogP contribution is -2.37. The van der Waals surface area contributed by atoms with E-state index in [-0.39, 0.29) is 12.6 Å². The molecule has 0 aliphatic rings. The molecule has 0 saturated heterocycles. The number of carbonyl (C=O) groups is 1. The van der Waals surface area contributed by atoms with Gasteiger partial charge in [-0.05, 0) is 40.1 Å². The zero-order chi connectivity index (χ0) is 18.4. The highest BCUT2D eigenvalue weighted by molar-refractivity contribution is 5.83. The van der Waals surface area contributed by atoms with Gasteiger partial charge in [0, 0.05) is 13.1 Å². The summed E-state index contributed by atoms with van der Waals surface area (Å²) >= 11 is 0. The van der Waals surface area contributed by atoms with Gasteiger partial charge in [-0.15, -0.1) is 0 Å². The first-order valence-corrected chi connectivity index (χ1v) is 8.33. The second kappa shape index (κ2) is 8.15. The molecular formula is C21H19N3O2. The van der Waals surface area contributed by atoms with Crippen LogP contribution in [-0.4, -0.2) is 17.7 Å². The fourth-order valence-corrected chi connectivity index (χ4v) is 2.72. The molecular weight excluding hydrogens is 326 g/mol. The smallest absolute Gasteiger partial charge is 0.315 e. The molecule has 3 N–H and O–H groups in total. The summed E-state index contributed by atoms with van der Waals surface area (Å²) in [6.07, 6.45) is -0.785. The van der Waals surface area contributed by atoms with Crippen molar-refractivity contribution in [3.8, 4) is 6.07 Å². The Hall–Kier alpha value is -3.36. The van der Waals surface area contributed by atoms with Gasteiger partial charge in [-0.1, -0.05) is 48.5 Å². The second-order valence-corrected chi connectivity index (χ2v) is 6.00. The minimum Gasteiger partial charge on any atom is -0.387 e. The summed E-state index contributed by atoms with van der Waals surface area (Å²) in [4.78, 5) is 11.9.